The van der Waals surface area contributed by atoms with Gasteiger partial charge in [-0.05, 0) is 35.9 Å². The smallest absolute Gasteiger partial charge is 0.248 e. The summed E-state index contributed by atoms with van der Waals surface area (Å²) in [5.41, 5.74) is 1.21. The van der Waals surface area contributed by atoms with E-state index in [1.807, 2.05) is 6.07 Å². The molecule has 0 fully saturated rings. The minimum atomic E-state index is -0.350. The van der Waals surface area contributed by atoms with Gasteiger partial charge in [0.25, 0.3) is 0 Å². The van der Waals surface area contributed by atoms with Crippen molar-refractivity contribution in [2.24, 2.45) is 0 Å². The number of halogens is 1. The van der Waals surface area contributed by atoms with Gasteiger partial charge in [0.05, 0.1) is 0 Å². The predicted octanol–water partition coefficient (Wildman–Crippen LogP) is 4.34. The Labute approximate surface area is 132 Å². The number of nitrogens with one attached hydrogen (secondary N) is 1. The number of fused-ring (bicyclic) bond motifs is 1. The van der Waals surface area contributed by atoms with Crippen LogP contribution in [0, 0.1) is 5.82 Å². The highest BCUT2D eigenvalue weighted by Crippen LogP contribution is 2.29. The minimum absolute atomic E-state index is 0.161. The molecule has 3 nitrogen and oxygen atoms in total. The average molecular weight is 307 g/mol. The van der Waals surface area contributed by atoms with Crippen molar-refractivity contribution in [1.29, 1.82) is 0 Å². The molecule has 0 spiro atoms. The summed E-state index contributed by atoms with van der Waals surface area (Å²) in [4.78, 5) is 12.0. The Morgan fingerprint density at radius 2 is 1.74 bits per heavy atom. The van der Waals surface area contributed by atoms with Gasteiger partial charge in [-0.3, -0.25) is 4.79 Å². The van der Waals surface area contributed by atoms with Crippen LogP contribution in [0.25, 0.3) is 16.8 Å². The monoisotopic (exact) mass is 307 g/mol. The lowest BCUT2D eigenvalue weighted by Crippen LogP contribution is -2.08. The Morgan fingerprint density at radius 1 is 1.00 bits per heavy atom. The van der Waals surface area contributed by atoms with E-state index in [4.69, 9.17) is 0 Å². The van der Waals surface area contributed by atoms with Crippen LogP contribution < -0.4 is 5.32 Å². The molecule has 3 rings (SSSR count). The third-order valence-corrected chi connectivity index (χ3v) is 3.43. The Balaban J connectivity index is 1.82. The highest BCUT2D eigenvalue weighted by atomic mass is 19.1. The average Bonchev–Trinajstić information content (AvgIpc) is 2.54. The number of hydrogen-bond donors (Lipinski definition) is 2. The molecule has 0 saturated heterocycles. The molecule has 0 atom stereocenters. The molecular weight excluding hydrogens is 293 g/mol. The first kappa shape index (κ1) is 14.8. The van der Waals surface area contributed by atoms with E-state index in [0.29, 0.717) is 16.6 Å². The van der Waals surface area contributed by atoms with E-state index in [-0.39, 0.29) is 17.5 Å². The van der Waals surface area contributed by atoms with Gasteiger partial charge in [-0.2, -0.15) is 0 Å². The standard InChI is InChI=1S/C19H14FNO2/c20-14-5-1-4-13(12-14)10-11-19(23)21-17-8-2-7-16-15(17)6-3-9-18(16)22/h1-12,22H,(H,21,23)/b11-10+. The van der Waals surface area contributed by atoms with Gasteiger partial charge in [-0.15, -0.1) is 0 Å². The molecular formula is C19H14FNO2. The molecule has 0 aromatic heterocycles. The number of benzene rings is 3. The lowest BCUT2D eigenvalue weighted by atomic mass is 10.1. The second-order valence-corrected chi connectivity index (χ2v) is 5.06. The number of aromatic hydroxyl groups is 1. The molecule has 3 aromatic rings. The fourth-order valence-electron chi connectivity index (χ4n) is 2.36. The van der Waals surface area contributed by atoms with E-state index >= 15 is 0 Å². The third-order valence-electron chi connectivity index (χ3n) is 3.43. The molecule has 0 bridgehead atoms. The van der Waals surface area contributed by atoms with Crippen molar-refractivity contribution >= 4 is 28.4 Å². The Bertz CT molecular complexity index is 903. The first-order valence-electron chi connectivity index (χ1n) is 7.09. The molecule has 0 saturated carbocycles. The molecule has 3 aromatic carbocycles. The van der Waals surface area contributed by atoms with Crippen LogP contribution >= 0.6 is 0 Å². The number of amides is 1. The molecule has 1 amide bonds. The van der Waals surface area contributed by atoms with Gasteiger partial charge >= 0.3 is 0 Å². The zero-order valence-electron chi connectivity index (χ0n) is 12.2. The normalized spacial score (nSPS) is 11.0. The van der Waals surface area contributed by atoms with Gasteiger partial charge in [0, 0.05) is 22.5 Å². The number of carbonyl (C=O) groups is 1. The van der Waals surface area contributed by atoms with Crippen molar-refractivity contribution in [2.75, 3.05) is 5.32 Å². The molecule has 0 heterocycles. The zero-order valence-corrected chi connectivity index (χ0v) is 12.2. The quantitative estimate of drug-likeness (QED) is 0.707. The van der Waals surface area contributed by atoms with Crippen molar-refractivity contribution in [1.82, 2.24) is 0 Å². The third kappa shape index (κ3) is 3.37. The topological polar surface area (TPSA) is 49.3 Å². The summed E-state index contributed by atoms with van der Waals surface area (Å²) in [5, 5.41) is 14.0. The van der Waals surface area contributed by atoms with Gasteiger partial charge in [-0.25, -0.2) is 4.39 Å². The van der Waals surface area contributed by atoms with Crippen molar-refractivity contribution in [3.05, 3.63) is 78.1 Å². The largest absolute Gasteiger partial charge is 0.507 e. The molecule has 0 aliphatic carbocycles. The molecule has 0 aliphatic heterocycles. The number of rotatable bonds is 3. The summed E-state index contributed by atoms with van der Waals surface area (Å²) in [7, 11) is 0. The second-order valence-electron chi connectivity index (χ2n) is 5.06. The van der Waals surface area contributed by atoms with Crippen molar-refractivity contribution in [2.45, 2.75) is 0 Å². The molecule has 4 heteroatoms. The maximum atomic E-state index is 13.1. The van der Waals surface area contributed by atoms with Crippen LogP contribution in [0.4, 0.5) is 10.1 Å². The Morgan fingerprint density at radius 3 is 2.57 bits per heavy atom. The summed E-state index contributed by atoms with van der Waals surface area (Å²) < 4.78 is 13.1. The molecule has 0 aliphatic rings. The number of carbonyl (C=O) groups excluding carboxylic acids is 1. The van der Waals surface area contributed by atoms with Crippen LogP contribution in [-0.4, -0.2) is 11.0 Å². The highest BCUT2D eigenvalue weighted by molar-refractivity contribution is 6.08. The maximum absolute atomic E-state index is 13.1. The number of phenols is 1. The molecule has 114 valence electrons. The van der Waals surface area contributed by atoms with Crippen LogP contribution in [0.3, 0.4) is 0 Å². The maximum Gasteiger partial charge on any atom is 0.248 e. The molecule has 23 heavy (non-hydrogen) atoms. The van der Waals surface area contributed by atoms with Crippen LogP contribution in [-0.2, 0) is 4.79 Å². The van der Waals surface area contributed by atoms with Crippen molar-refractivity contribution in [3.8, 4) is 5.75 Å². The SMILES string of the molecule is O=C(/C=C/c1cccc(F)c1)Nc1cccc2c(O)cccc12. The lowest BCUT2D eigenvalue weighted by Gasteiger charge is -2.08. The summed E-state index contributed by atoms with van der Waals surface area (Å²) in [5.74, 6) is -0.518. The first-order chi connectivity index (χ1) is 11.1. The van der Waals surface area contributed by atoms with Crippen molar-refractivity contribution < 1.29 is 14.3 Å². The van der Waals surface area contributed by atoms with Gasteiger partial charge in [0.15, 0.2) is 0 Å². The second kappa shape index (κ2) is 6.32. The molecule has 0 radical (unpaired) electrons. The summed E-state index contributed by atoms with van der Waals surface area (Å²) in [6.45, 7) is 0. The predicted molar refractivity (Wildman–Crippen MR) is 89.7 cm³/mol. The van der Waals surface area contributed by atoms with Crippen molar-refractivity contribution in [3.63, 3.8) is 0 Å². The summed E-state index contributed by atoms with van der Waals surface area (Å²) in [6, 6.07) is 16.4. The fraction of sp³-hybridized carbons (Fsp3) is 0. The van der Waals surface area contributed by atoms with E-state index in [2.05, 4.69) is 5.32 Å². The molecule has 0 unspecified atom stereocenters. The minimum Gasteiger partial charge on any atom is -0.507 e. The van der Waals surface area contributed by atoms with Gasteiger partial charge in [0.2, 0.25) is 5.91 Å². The van der Waals surface area contributed by atoms with E-state index in [1.54, 1.807) is 48.5 Å². The Hall–Kier alpha value is -3.14. The van der Waals surface area contributed by atoms with Gasteiger partial charge in [0.1, 0.15) is 11.6 Å². The van der Waals surface area contributed by atoms with E-state index < -0.39 is 0 Å². The number of anilines is 1. The highest BCUT2D eigenvalue weighted by Gasteiger charge is 2.05. The lowest BCUT2D eigenvalue weighted by molar-refractivity contribution is -0.111. The van der Waals surface area contributed by atoms with Crippen LogP contribution in [0.15, 0.2) is 66.7 Å². The van der Waals surface area contributed by atoms with E-state index in [0.717, 1.165) is 5.39 Å². The number of hydrogen-bond acceptors (Lipinski definition) is 2. The summed E-state index contributed by atoms with van der Waals surface area (Å²) in [6.07, 6.45) is 2.89. The summed E-state index contributed by atoms with van der Waals surface area (Å²) >= 11 is 0. The van der Waals surface area contributed by atoms with Crippen LogP contribution in [0.1, 0.15) is 5.56 Å². The van der Waals surface area contributed by atoms with Gasteiger partial charge in [-0.1, -0.05) is 36.4 Å². The van der Waals surface area contributed by atoms with Crippen LogP contribution in [0.2, 0.25) is 0 Å². The van der Waals surface area contributed by atoms with E-state index in [9.17, 15) is 14.3 Å². The number of phenolic OH excluding ortho intramolecular Hbond substituents is 1. The molecule has 2 N–H and O–H groups in total. The first-order valence-corrected chi connectivity index (χ1v) is 7.09. The Kier molecular flexibility index (Phi) is 4.06. The van der Waals surface area contributed by atoms with Crippen LogP contribution in [0.5, 0.6) is 5.75 Å². The zero-order chi connectivity index (χ0) is 16.2. The van der Waals surface area contributed by atoms with E-state index in [1.165, 1.54) is 18.2 Å². The fourth-order valence-corrected chi connectivity index (χ4v) is 2.36. The van der Waals surface area contributed by atoms with Gasteiger partial charge < -0.3 is 10.4 Å².